The number of non-ortho nitro benzene ring substituents is 2. The van der Waals surface area contributed by atoms with Crippen molar-refractivity contribution < 1.29 is 9.85 Å². The average molecular weight is 466 g/mol. The normalized spacial score (nSPS) is 11.5. The SMILES string of the molecule is O=c1c2ccc([N+](=O)[O-])cc2c(=O)c2sc3c(=O)c4cc([N+](=O)[O-])ccc4c(=O)c3sc12. The third-order valence-electron chi connectivity index (χ3n) is 5.05. The van der Waals surface area contributed by atoms with Gasteiger partial charge in [0.25, 0.3) is 11.4 Å². The molecule has 0 atom stereocenters. The fraction of sp³-hybridized carbons (Fsp3) is 0. The summed E-state index contributed by atoms with van der Waals surface area (Å²) >= 11 is 1.34. The molecular formula is C20H6N2O8S2. The number of nitro benzene ring substituents is 2. The molecule has 0 amide bonds. The molecule has 0 saturated heterocycles. The molecule has 0 aliphatic rings. The van der Waals surface area contributed by atoms with Crippen LogP contribution in [0.1, 0.15) is 0 Å². The summed E-state index contributed by atoms with van der Waals surface area (Å²) in [5.41, 5.74) is -3.24. The molecule has 0 fully saturated rings. The molecule has 0 N–H and O–H groups in total. The van der Waals surface area contributed by atoms with Crippen LogP contribution in [0.2, 0.25) is 0 Å². The van der Waals surface area contributed by atoms with Gasteiger partial charge in [-0.3, -0.25) is 39.4 Å². The van der Waals surface area contributed by atoms with Crippen LogP contribution < -0.4 is 21.7 Å². The first-order valence-electron chi connectivity index (χ1n) is 8.79. The molecular weight excluding hydrogens is 460 g/mol. The number of hydrogen-bond acceptors (Lipinski definition) is 10. The summed E-state index contributed by atoms with van der Waals surface area (Å²) in [6, 6.07) is 6.60. The number of rotatable bonds is 2. The smallest absolute Gasteiger partial charge is 0.270 e. The van der Waals surface area contributed by atoms with E-state index < -0.39 is 31.6 Å². The third kappa shape index (κ3) is 2.63. The van der Waals surface area contributed by atoms with E-state index in [0.717, 1.165) is 24.3 Å². The minimum atomic E-state index is -0.696. The molecule has 1 heterocycles. The molecule has 0 bridgehead atoms. The number of nitro groups is 2. The molecule has 5 aromatic rings. The summed E-state index contributed by atoms with van der Waals surface area (Å²) in [5, 5.41) is 21.8. The first kappa shape index (κ1) is 19.8. The van der Waals surface area contributed by atoms with E-state index in [1.807, 2.05) is 0 Å². The quantitative estimate of drug-likeness (QED) is 0.218. The lowest BCUT2D eigenvalue weighted by molar-refractivity contribution is -0.384. The van der Waals surface area contributed by atoms with Gasteiger partial charge in [-0.1, -0.05) is 0 Å². The van der Waals surface area contributed by atoms with Gasteiger partial charge in [0.15, 0.2) is 0 Å². The van der Waals surface area contributed by atoms with E-state index in [2.05, 4.69) is 0 Å². The Balaban J connectivity index is 2.01. The van der Waals surface area contributed by atoms with Crippen molar-refractivity contribution in [1.29, 1.82) is 0 Å². The highest BCUT2D eigenvalue weighted by Gasteiger charge is 2.20. The zero-order valence-corrected chi connectivity index (χ0v) is 17.1. The van der Waals surface area contributed by atoms with Gasteiger partial charge in [0, 0.05) is 45.8 Å². The third-order valence-corrected chi connectivity index (χ3v) is 7.69. The van der Waals surface area contributed by atoms with Crippen molar-refractivity contribution in [2.24, 2.45) is 0 Å². The van der Waals surface area contributed by atoms with E-state index in [4.69, 9.17) is 0 Å². The monoisotopic (exact) mass is 466 g/mol. The second kappa shape index (κ2) is 6.67. The van der Waals surface area contributed by atoms with Gasteiger partial charge in [0.05, 0.1) is 28.6 Å². The predicted octanol–water partition coefficient (Wildman–Crippen LogP) is 3.12. The minimum Gasteiger partial charge on any atom is -0.288 e. The summed E-state index contributed by atoms with van der Waals surface area (Å²) < 4.78 is -0.290. The fourth-order valence-corrected chi connectivity index (χ4v) is 6.00. The van der Waals surface area contributed by atoms with E-state index in [-0.39, 0.29) is 51.7 Å². The van der Waals surface area contributed by atoms with Crippen molar-refractivity contribution >= 4 is 74.4 Å². The Morgan fingerprint density at radius 2 is 0.844 bits per heavy atom. The Kier molecular flexibility index (Phi) is 4.12. The van der Waals surface area contributed by atoms with Gasteiger partial charge in [-0.2, -0.15) is 0 Å². The van der Waals surface area contributed by atoms with Crippen LogP contribution in [-0.2, 0) is 0 Å². The summed E-state index contributed by atoms with van der Waals surface area (Å²) in [4.78, 5) is 72.8. The van der Waals surface area contributed by atoms with Crippen molar-refractivity contribution in [3.63, 3.8) is 0 Å². The Labute approximate surface area is 181 Å². The number of hydrogen-bond donors (Lipinski definition) is 0. The highest BCUT2D eigenvalue weighted by atomic mass is 32.1. The lowest BCUT2D eigenvalue weighted by atomic mass is 10.1. The minimum absolute atomic E-state index is 0.0258. The van der Waals surface area contributed by atoms with Gasteiger partial charge < -0.3 is 0 Å². The summed E-state index contributed by atoms with van der Waals surface area (Å²) in [6.07, 6.45) is 0. The molecule has 5 rings (SSSR count). The molecule has 0 saturated carbocycles. The molecule has 0 aliphatic carbocycles. The van der Waals surface area contributed by atoms with Crippen molar-refractivity contribution in [3.8, 4) is 0 Å². The Bertz CT molecular complexity index is 1790. The number of fused-ring (bicyclic) bond motifs is 4. The van der Waals surface area contributed by atoms with Crippen LogP contribution in [0.25, 0.3) is 40.3 Å². The number of benzene rings is 4. The van der Waals surface area contributed by atoms with Crippen LogP contribution in [0, 0.1) is 20.2 Å². The van der Waals surface area contributed by atoms with E-state index >= 15 is 0 Å². The molecule has 0 unspecified atom stereocenters. The molecule has 10 nitrogen and oxygen atoms in total. The molecule has 0 radical (unpaired) electrons. The highest BCUT2D eigenvalue weighted by Crippen LogP contribution is 2.30. The molecule has 156 valence electrons. The van der Waals surface area contributed by atoms with Crippen LogP contribution in [0.3, 0.4) is 0 Å². The first-order chi connectivity index (χ1) is 15.2. The van der Waals surface area contributed by atoms with Gasteiger partial charge >= 0.3 is 0 Å². The van der Waals surface area contributed by atoms with Crippen molar-refractivity contribution in [2.75, 3.05) is 0 Å². The fourth-order valence-electron chi connectivity index (χ4n) is 3.54. The second-order valence-electron chi connectivity index (χ2n) is 6.81. The largest absolute Gasteiger partial charge is 0.288 e. The Morgan fingerprint density at radius 1 is 0.531 bits per heavy atom. The zero-order valence-electron chi connectivity index (χ0n) is 15.4. The van der Waals surface area contributed by atoms with Crippen molar-refractivity contribution in [1.82, 2.24) is 0 Å². The molecule has 0 spiro atoms. The molecule has 4 aromatic carbocycles. The van der Waals surface area contributed by atoms with Gasteiger partial charge in [0.1, 0.15) is 0 Å². The topological polar surface area (TPSA) is 155 Å². The molecule has 12 heteroatoms. The van der Waals surface area contributed by atoms with Crippen LogP contribution in [0.5, 0.6) is 0 Å². The van der Waals surface area contributed by atoms with Crippen LogP contribution in [-0.4, -0.2) is 9.85 Å². The van der Waals surface area contributed by atoms with Gasteiger partial charge in [-0.05, 0) is 12.1 Å². The number of nitrogens with zero attached hydrogens (tertiary/aromatic N) is 2. The standard InChI is InChI=1S/C20H6N2O8S2/c23-13-9-3-1-7(21(27)28)5-11(9)15(25)19-17(13)31-18-14(24)10-4-2-8(22(29)30)6-12(10)16(26)20(18)32-19/h1-6H. The highest BCUT2D eigenvalue weighted by molar-refractivity contribution is 7.36. The Hall–Kier alpha value is -4.16. The zero-order chi connectivity index (χ0) is 22.9. The van der Waals surface area contributed by atoms with E-state index in [1.54, 1.807) is 0 Å². The molecule has 32 heavy (non-hydrogen) atoms. The maximum atomic E-state index is 13.0. The van der Waals surface area contributed by atoms with Crippen LogP contribution >= 0.6 is 22.7 Å². The summed E-state index contributed by atoms with van der Waals surface area (Å²) in [6.45, 7) is 0. The second-order valence-corrected chi connectivity index (χ2v) is 8.85. The van der Waals surface area contributed by atoms with Gasteiger partial charge in [0.2, 0.25) is 21.7 Å². The predicted molar refractivity (Wildman–Crippen MR) is 122 cm³/mol. The first-order valence-corrected chi connectivity index (χ1v) is 10.4. The molecule has 0 aliphatic heterocycles. The van der Waals surface area contributed by atoms with E-state index in [1.165, 1.54) is 12.1 Å². The van der Waals surface area contributed by atoms with Crippen molar-refractivity contribution in [3.05, 3.63) is 97.5 Å². The summed E-state index contributed by atoms with van der Waals surface area (Å²) in [5.74, 6) is 0. The molecule has 1 aromatic heterocycles. The van der Waals surface area contributed by atoms with E-state index in [9.17, 15) is 39.4 Å². The lowest BCUT2D eigenvalue weighted by Crippen LogP contribution is -2.15. The maximum Gasteiger partial charge on any atom is 0.270 e. The maximum absolute atomic E-state index is 13.0. The lowest BCUT2D eigenvalue weighted by Gasteiger charge is -2.04. The average Bonchev–Trinajstić information content (AvgIpc) is 2.79. The Morgan fingerprint density at radius 3 is 1.16 bits per heavy atom. The van der Waals surface area contributed by atoms with Gasteiger partial charge in [-0.15, -0.1) is 22.7 Å². The van der Waals surface area contributed by atoms with Crippen LogP contribution in [0.4, 0.5) is 11.4 Å². The van der Waals surface area contributed by atoms with Gasteiger partial charge in [-0.25, -0.2) is 0 Å². The van der Waals surface area contributed by atoms with Crippen molar-refractivity contribution in [2.45, 2.75) is 0 Å². The van der Waals surface area contributed by atoms with E-state index in [0.29, 0.717) is 22.7 Å². The van der Waals surface area contributed by atoms with Crippen LogP contribution in [0.15, 0.2) is 55.6 Å². The summed E-state index contributed by atoms with van der Waals surface area (Å²) in [7, 11) is 0.